The second-order valence-electron chi connectivity index (χ2n) is 5.91. The van der Waals surface area contributed by atoms with E-state index in [4.69, 9.17) is 10.3 Å². The Morgan fingerprint density at radius 1 is 1.40 bits per heavy atom. The molecule has 106 valence electrons. The predicted octanol–water partition coefficient (Wildman–Crippen LogP) is 2.42. The summed E-state index contributed by atoms with van der Waals surface area (Å²) in [5.41, 5.74) is 7.15. The molecule has 1 fully saturated rings. The SMILES string of the molecule is CC1CCCC(N)(c2nc(Cc3ccncc3)no2)C1. The van der Waals surface area contributed by atoms with Gasteiger partial charge in [0.2, 0.25) is 5.89 Å². The molecule has 0 bridgehead atoms. The van der Waals surface area contributed by atoms with Gasteiger partial charge in [-0.3, -0.25) is 4.98 Å². The van der Waals surface area contributed by atoms with Crippen LogP contribution in [-0.4, -0.2) is 15.1 Å². The van der Waals surface area contributed by atoms with E-state index < -0.39 is 5.54 Å². The van der Waals surface area contributed by atoms with E-state index in [1.54, 1.807) is 12.4 Å². The van der Waals surface area contributed by atoms with E-state index >= 15 is 0 Å². The summed E-state index contributed by atoms with van der Waals surface area (Å²) in [5, 5.41) is 4.07. The molecule has 2 atom stereocenters. The fourth-order valence-corrected chi connectivity index (χ4v) is 3.00. The summed E-state index contributed by atoms with van der Waals surface area (Å²) in [6, 6.07) is 3.91. The van der Waals surface area contributed by atoms with Crippen molar-refractivity contribution < 1.29 is 4.52 Å². The smallest absolute Gasteiger partial charge is 0.246 e. The van der Waals surface area contributed by atoms with E-state index in [1.165, 1.54) is 6.42 Å². The van der Waals surface area contributed by atoms with Crippen molar-refractivity contribution in [3.05, 3.63) is 41.8 Å². The van der Waals surface area contributed by atoms with Gasteiger partial charge in [-0.15, -0.1) is 0 Å². The lowest BCUT2D eigenvalue weighted by atomic mass is 9.77. The Morgan fingerprint density at radius 2 is 2.20 bits per heavy atom. The van der Waals surface area contributed by atoms with Crippen molar-refractivity contribution in [3.8, 4) is 0 Å². The van der Waals surface area contributed by atoms with Crippen molar-refractivity contribution >= 4 is 0 Å². The van der Waals surface area contributed by atoms with Crippen LogP contribution in [0.25, 0.3) is 0 Å². The van der Waals surface area contributed by atoms with Gasteiger partial charge in [-0.2, -0.15) is 4.98 Å². The highest BCUT2D eigenvalue weighted by Crippen LogP contribution is 2.36. The van der Waals surface area contributed by atoms with Gasteiger partial charge in [-0.25, -0.2) is 0 Å². The molecule has 0 aromatic carbocycles. The average Bonchev–Trinajstić information content (AvgIpc) is 2.89. The molecule has 0 aliphatic heterocycles. The third kappa shape index (κ3) is 2.72. The van der Waals surface area contributed by atoms with E-state index in [1.807, 2.05) is 12.1 Å². The van der Waals surface area contributed by atoms with E-state index in [0.29, 0.717) is 24.1 Å². The molecule has 0 radical (unpaired) electrons. The fraction of sp³-hybridized carbons (Fsp3) is 0.533. The van der Waals surface area contributed by atoms with Crippen LogP contribution in [0.15, 0.2) is 29.0 Å². The van der Waals surface area contributed by atoms with Crippen molar-refractivity contribution in [1.29, 1.82) is 0 Å². The van der Waals surface area contributed by atoms with Gasteiger partial charge in [-0.1, -0.05) is 24.9 Å². The molecule has 5 heteroatoms. The van der Waals surface area contributed by atoms with Crippen LogP contribution in [0.1, 0.15) is 49.9 Å². The summed E-state index contributed by atoms with van der Waals surface area (Å²) in [6.07, 6.45) is 8.39. The van der Waals surface area contributed by atoms with Crippen LogP contribution in [0.5, 0.6) is 0 Å². The Kier molecular flexibility index (Phi) is 3.53. The monoisotopic (exact) mass is 272 g/mol. The number of aromatic nitrogens is 3. The standard InChI is InChI=1S/C15H20N4O/c1-11-3-2-6-15(16,10-11)14-18-13(19-20-14)9-12-4-7-17-8-5-12/h4-5,7-8,11H,2-3,6,9-10,16H2,1H3. The summed E-state index contributed by atoms with van der Waals surface area (Å²) in [5.74, 6) is 1.90. The van der Waals surface area contributed by atoms with Crippen molar-refractivity contribution in [1.82, 2.24) is 15.1 Å². The number of nitrogens with two attached hydrogens (primary N) is 1. The molecular weight excluding hydrogens is 252 g/mol. The molecule has 1 aliphatic rings. The Balaban J connectivity index is 1.76. The lowest BCUT2D eigenvalue weighted by Gasteiger charge is -2.33. The molecule has 2 aromatic heterocycles. The number of hydrogen-bond donors (Lipinski definition) is 1. The Bertz CT molecular complexity index is 568. The van der Waals surface area contributed by atoms with Crippen LogP contribution in [0, 0.1) is 5.92 Å². The third-order valence-corrected chi connectivity index (χ3v) is 4.04. The van der Waals surface area contributed by atoms with Gasteiger partial charge in [0.15, 0.2) is 5.82 Å². The highest BCUT2D eigenvalue weighted by Gasteiger charge is 2.37. The Morgan fingerprint density at radius 3 is 2.95 bits per heavy atom. The summed E-state index contributed by atoms with van der Waals surface area (Å²) < 4.78 is 5.43. The van der Waals surface area contributed by atoms with Crippen LogP contribution in [-0.2, 0) is 12.0 Å². The molecule has 2 unspecified atom stereocenters. The quantitative estimate of drug-likeness (QED) is 0.928. The zero-order valence-corrected chi connectivity index (χ0v) is 11.7. The van der Waals surface area contributed by atoms with Crippen molar-refractivity contribution in [3.63, 3.8) is 0 Å². The highest BCUT2D eigenvalue weighted by molar-refractivity contribution is 5.15. The van der Waals surface area contributed by atoms with Gasteiger partial charge in [0.25, 0.3) is 0 Å². The number of rotatable bonds is 3. The van der Waals surface area contributed by atoms with E-state index in [-0.39, 0.29) is 0 Å². The summed E-state index contributed by atoms with van der Waals surface area (Å²) in [6.45, 7) is 2.23. The molecule has 1 saturated carbocycles. The van der Waals surface area contributed by atoms with Crippen molar-refractivity contribution in [2.75, 3.05) is 0 Å². The van der Waals surface area contributed by atoms with Crippen LogP contribution in [0.3, 0.4) is 0 Å². The number of pyridine rings is 1. The van der Waals surface area contributed by atoms with Crippen LogP contribution in [0.4, 0.5) is 0 Å². The first-order valence-electron chi connectivity index (χ1n) is 7.16. The lowest BCUT2D eigenvalue weighted by molar-refractivity contribution is 0.183. The molecule has 2 aromatic rings. The Hall–Kier alpha value is -1.75. The molecule has 0 amide bonds. The summed E-state index contributed by atoms with van der Waals surface area (Å²) >= 11 is 0. The van der Waals surface area contributed by atoms with Gasteiger partial charge in [0.05, 0.1) is 5.54 Å². The molecule has 1 aliphatic carbocycles. The van der Waals surface area contributed by atoms with Gasteiger partial charge >= 0.3 is 0 Å². The number of nitrogens with zero attached hydrogens (tertiary/aromatic N) is 3. The molecule has 5 nitrogen and oxygen atoms in total. The minimum absolute atomic E-state index is 0.443. The summed E-state index contributed by atoms with van der Waals surface area (Å²) in [4.78, 5) is 8.51. The highest BCUT2D eigenvalue weighted by atomic mass is 16.5. The molecule has 2 heterocycles. The van der Waals surface area contributed by atoms with Gasteiger partial charge in [-0.05, 0) is 36.5 Å². The normalized spacial score (nSPS) is 26.6. The van der Waals surface area contributed by atoms with Crippen molar-refractivity contribution in [2.45, 2.75) is 44.6 Å². The first-order chi connectivity index (χ1) is 9.66. The zero-order valence-electron chi connectivity index (χ0n) is 11.7. The van der Waals surface area contributed by atoms with E-state index in [0.717, 1.165) is 24.8 Å². The maximum absolute atomic E-state index is 6.47. The van der Waals surface area contributed by atoms with E-state index in [9.17, 15) is 0 Å². The van der Waals surface area contributed by atoms with Crippen LogP contribution < -0.4 is 5.73 Å². The predicted molar refractivity (Wildman–Crippen MR) is 74.8 cm³/mol. The van der Waals surface area contributed by atoms with Crippen LogP contribution >= 0.6 is 0 Å². The molecule has 0 spiro atoms. The van der Waals surface area contributed by atoms with E-state index in [2.05, 4.69) is 22.0 Å². The molecule has 0 saturated heterocycles. The Labute approximate surface area is 118 Å². The largest absolute Gasteiger partial charge is 0.337 e. The maximum Gasteiger partial charge on any atom is 0.246 e. The minimum Gasteiger partial charge on any atom is -0.337 e. The first-order valence-corrected chi connectivity index (χ1v) is 7.16. The maximum atomic E-state index is 6.47. The fourth-order valence-electron chi connectivity index (χ4n) is 3.00. The minimum atomic E-state index is -0.443. The second-order valence-corrected chi connectivity index (χ2v) is 5.91. The molecule has 3 rings (SSSR count). The summed E-state index contributed by atoms with van der Waals surface area (Å²) in [7, 11) is 0. The molecular formula is C15H20N4O. The topological polar surface area (TPSA) is 77.8 Å². The average molecular weight is 272 g/mol. The first kappa shape index (κ1) is 13.2. The van der Waals surface area contributed by atoms with Gasteiger partial charge < -0.3 is 10.3 Å². The van der Waals surface area contributed by atoms with Crippen LogP contribution in [0.2, 0.25) is 0 Å². The van der Waals surface area contributed by atoms with Gasteiger partial charge in [0.1, 0.15) is 0 Å². The molecule has 2 N–H and O–H groups in total. The third-order valence-electron chi connectivity index (χ3n) is 4.04. The number of hydrogen-bond acceptors (Lipinski definition) is 5. The second kappa shape index (κ2) is 5.32. The molecule has 20 heavy (non-hydrogen) atoms. The lowest BCUT2D eigenvalue weighted by Crippen LogP contribution is -2.41. The van der Waals surface area contributed by atoms with Crippen molar-refractivity contribution in [2.24, 2.45) is 11.7 Å². The zero-order chi connectivity index (χ0) is 14.0. The van der Waals surface area contributed by atoms with Gasteiger partial charge in [0, 0.05) is 18.8 Å².